The summed E-state index contributed by atoms with van der Waals surface area (Å²) in [5.74, 6) is -0.388. The number of carbonyl (C=O) groups excluding carboxylic acids is 1. The van der Waals surface area contributed by atoms with Crippen LogP contribution in [0.4, 0.5) is 0 Å². The predicted octanol–water partition coefficient (Wildman–Crippen LogP) is 2.57. The SMILES string of the molecule is CC1(NC(=O)c2ccc(Cl)c(S(=O)(=O)Cl)c2)CCCOC1. The Kier molecular flexibility index (Phi) is 4.82. The van der Waals surface area contributed by atoms with Crippen LogP contribution in [0.3, 0.4) is 0 Å². The largest absolute Gasteiger partial charge is 0.379 e. The maximum atomic E-state index is 12.3. The molecule has 1 aromatic rings. The highest BCUT2D eigenvalue weighted by molar-refractivity contribution is 8.13. The van der Waals surface area contributed by atoms with Gasteiger partial charge in [-0.1, -0.05) is 11.6 Å². The molecule has 1 aliphatic heterocycles. The van der Waals surface area contributed by atoms with E-state index >= 15 is 0 Å². The first-order valence-corrected chi connectivity index (χ1v) is 9.04. The fourth-order valence-corrected chi connectivity index (χ4v) is 3.70. The molecule has 1 unspecified atom stereocenters. The number of ether oxygens (including phenoxy) is 1. The minimum absolute atomic E-state index is 0.0197. The summed E-state index contributed by atoms with van der Waals surface area (Å²) in [6.45, 7) is 2.99. The smallest absolute Gasteiger partial charge is 0.262 e. The molecule has 1 heterocycles. The lowest BCUT2D eigenvalue weighted by molar-refractivity contribution is 0.0272. The Labute approximate surface area is 133 Å². The molecule has 0 spiro atoms. The molecule has 5 nitrogen and oxygen atoms in total. The molecule has 1 aromatic carbocycles. The van der Waals surface area contributed by atoms with Crippen LogP contribution in [0.15, 0.2) is 23.1 Å². The van der Waals surface area contributed by atoms with E-state index < -0.39 is 14.6 Å². The first-order valence-electron chi connectivity index (χ1n) is 6.36. The fraction of sp³-hybridized carbons (Fsp3) is 0.462. The molecule has 21 heavy (non-hydrogen) atoms. The van der Waals surface area contributed by atoms with Crippen LogP contribution >= 0.6 is 22.3 Å². The van der Waals surface area contributed by atoms with E-state index in [0.717, 1.165) is 12.8 Å². The maximum absolute atomic E-state index is 12.3. The van der Waals surface area contributed by atoms with E-state index in [-0.39, 0.29) is 21.4 Å². The number of carbonyl (C=O) groups is 1. The van der Waals surface area contributed by atoms with E-state index in [4.69, 9.17) is 27.0 Å². The number of hydrogen-bond acceptors (Lipinski definition) is 4. The summed E-state index contributed by atoms with van der Waals surface area (Å²) >= 11 is 5.79. The molecule has 0 bridgehead atoms. The number of benzene rings is 1. The minimum atomic E-state index is -4.00. The summed E-state index contributed by atoms with van der Waals surface area (Å²) in [5.41, 5.74) is -0.278. The summed E-state index contributed by atoms with van der Waals surface area (Å²) in [4.78, 5) is 12.0. The van der Waals surface area contributed by atoms with Crippen molar-refractivity contribution in [3.8, 4) is 0 Å². The number of nitrogens with one attached hydrogen (secondary N) is 1. The summed E-state index contributed by atoms with van der Waals surface area (Å²) in [5, 5.41) is 2.85. The monoisotopic (exact) mass is 351 g/mol. The minimum Gasteiger partial charge on any atom is -0.379 e. The van der Waals surface area contributed by atoms with Gasteiger partial charge in [0.05, 0.1) is 17.2 Å². The molecule has 0 aromatic heterocycles. The van der Waals surface area contributed by atoms with Crippen molar-refractivity contribution in [2.45, 2.75) is 30.2 Å². The summed E-state index contributed by atoms with van der Waals surface area (Å²) in [6, 6.07) is 3.97. The van der Waals surface area contributed by atoms with E-state index in [1.54, 1.807) is 0 Å². The van der Waals surface area contributed by atoms with E-state index in [1.165, 1.54) is 18.2 Å². The van der Waals surface area contributed by atoms with Crippen LogP contribution < -0.4 is 5.32 Å². The first-order chi connectivity index (χ1) is 9.71. The Balaban J connectivity index is 2.24. The molecule has 1 fully saturated rings. The molecule has 1 N–H and O–H groups in total. The van der Waals surface area contributed by atoms with Gasteiger partial charge in [-0.15, -0.1) is 0 Å². The Morgan fingerprint density at radius 3 is 2.71 bits per heavy atom. The van der Waals surface area contributed by atoms with Crippen LogP contribution in [-0.2, 0) is 13.8 Å². The van der Waals surface area contributed by atoms with Gasteiger partial charge in [-0.3, -0.25) is 4.79 Å². The van der Waals surface area contributed by atoms with E-state index in [9.17, 15) is 13.2 Å². The van der Waals surface area contributed by atoms with E-state index in [1.807, 2.05) is 6.92 Å². The Bertz CT molecular complexity index is 654. The molecule has 0 aliphatic carbocycles. The highest BCUT2D eigenvalue weighted by atomic mass is 35.7. The first kappa shape index (κ1) is 16.5. The summed E-state index contributed by atoms with van der Waals surface area (Å²) < 4.78 is 28.2. The molecule has 8 heteroatoms. The summed E-state index contributed by atoms with van der Waals surface area (Å²) in [7, 11) is 1.29. The third-order valence-corrected chi connectivity index (χ3v) is 5.11. The second kappa shape index (κ2) is 6.12. The Morgan fingerprint density at radius 2 is 2.14 bits per heavy atom. The average Bonchev–Trinajstić information content (AvgIpc) is 2.38. The summed E-state index contributed by atoms with van der Waals surface area (Å²) in [6.07, 6.45) is 1.66. The van der Waals surface area contributed by atoms with E-state index in [0.29, 0.717) is 13.2 Å². The van der Waals surface area contributed by atoms with Gasteiger partial charge in [0.25, 0.3) is 15.0 Å². The van der Waals surface area contributed by atoms with Crippen molar-refractivity contribution >= 4 is 37.2 Å². The van der Waals surface area contributed by atoms with Crippen LogP contribution in [0.5, 0.6) is 0 Å². The zero-order valence-electron chi connectivity index (χ0n) is 11.4. The molecule has 1 atom stereocenters. The van der Waals surface area contributed by atoms with Crippen molar-refractivity contribution in [2.75, 3.05) is 13.2 Å². The zero-order chi connectivity index (χ0) is 15.7. The topological polar surface area (TPSA) is 72.5 Å². The fourth-order valence-electron chi connectivity index (χ4n) is 2.21. The lowest BCUT2D eigenvalue weighted by Crippen LogP contribution is -2.51. The van der Waals surface area contributed by atoms with Gasteiger partial charge in [-0.25, -0.2) is 8.42 Å². The van der Waals surface area contributed by atoms with Gasteiger partial charge in [-0.2, -0.15) is 0 Å². The highest BCUT2D eigenvalue weighted by Crippen LogP contribution is 2.26. The Hall–Kier alpha value is -0.820. The molecule has 1 aliphatic rings. The Morgan fingerprint density at radius 1 is 1.43 bits per heavy atom. The second-order valence-electron chi connectivity index (χ2n) is 5.25. The van der Waals surface area contributed by atoms with Gasteiger partial charge >= 0.3 is 0 Å². The number of hydrogen-bond donors (Lipinski definition) is 1. The molecule has 1 amide bonds. The number of rotatable bonds is 3. The predicted molar refractivity (Wildman–Crippen MR) is 80.4 cm³/mol. The molecule has 0 radical (unpaired) electrons. The van der Waals surface area contributed by atoms with Crippen LogP contribution in [0.2, 0.25) is 5.02 Å². The standard InChI is InChI=1S/C13H15Cl2NO4S/c1-13(5-2-6-20-8-13)16-12(17)9-3-4-10(14)11(7-9)21(15,18)19/h3-4,7H,2,5-6,8H2,1H3,(H,16,17). The van der Waals surface area contributed by atoms with Gasteiger partial charge < -0.3 is 10.1 Å². The zero-order valence-corrected chi connectivity index (χ0v) is 13.7. The van der Waals surface area contributed by atoms with Gasteiger partial charge in [0, 0.05) is 22.9 Å². The van der Waals surface area contributed by atoms with Gasteiger partial charge in [0.2, 0.25) is 0 Å². The molecule has 1 saturated heterocycles. The van der Waals surface area contributed by atoms with Crippen molar-refractivity contribution in [2.24, 2.45) is 0 Å². The van der Waals surface area contributed by atoms with Crippen LogP contribution in [0.25, 0.3) is 0 Å². The van der Waals surface area contributed by atoms with Crippen LogP contribution in [-0.4, -0.2) is 33.1 Å². The maximum Gasteiger partial charge on any atom is 0.262 e. The van der Waals surface area contributed by atoms with Crippen molar-refractivity contribution in [3.63, 3.8) is 0 Å². The van der Waals surface area contributed by atoms with Crippen molar-refractivity contribution in [1.29, 1.82) is 0 Å². The average molecular weight is 352 g/mol. The van der Waals surface area contributed by atoms with Crippen LogP contribution in [0, 0.1) is 0 Å². The third-order valence-electron chi connectivity index (χ3n) is 3.31. The van der Waals surface area contributed by atoms with E-state index in [2.05, 4.69) is 5.32 Å². The van der Waals surface area contributed by atoms with Crippen molar-refractivity contribution < 1.29 is 17.9 Å². The molecule has 0 saturated carbocycles. The molecular weight excluding hydrogens is 337 g/mol. The van der Waals surface area contributed by atoms with Gasteiger partial charge in [0.15, 0.2) is 0 Å². The lowest BCUT2D eigenvalue weighted by atomic mass is 9.94. The normalized spacial score (nSPS) is 22.8. The van der Waals surface area contributed by atoms with Crippen molar-refractivity contribution in [3.05, 3.63) is 28.8 Å². The van der Waals surface area contributed by atoms with Gasteiger partial charge in [0.1, 0.15) is 4.90 Å². The van der Waals surface area contributed by atoms with Gasteiger partial charge in [-0.05, 0) is 38.0 Å². The third kappa shape index (κ3) is 4.10. The molecular formula is C13H15Cl2NO4S. The lowest BCUT2D eigenvalue weighted by Gasteiger charge is -2.34. The highest BCUT2D eigenvalue weighted by Gasteiger charge is 2.30. The van der Waals surface area contributed by atoms with Crippen molar-refractivity contribution in [1.82, 2.24) is 5.32 Å². The second-order valence-corrected chi connectivity index (χ2v) is 8.20. The number of halogens is 2. The quantitative estimate of drug-likeness (QED) is 0.849. The molecule has 2 rings (SSSR count). The van der Waals surface area contributed by atoms with Crippen LogP contribution in [0.1, 0.15) is 30.1 Å². The molecule has 116 valence electrons. The number of amides is 1.